The third kappa shape index (κ3) is 3.63. The van der Waals surface area contributed by atoms with Gasteiger partial charge in [-0.15, -0.1) is 0 Å². The number of rotatable bonds is 5. The molecule has 1 atom stereocenters. The molecule has 0 aliphatic carbocycles. The third-order valence-electron chi connectivity index (χ3n) is 2.78. The number of carbonyl (C=O) groups excluding carboxylic acids is 1. The van der Waals surface area contributed by atoms with Gasteiger partial charge in [0.1, 0.15) is 6.29 Å². The lowest BCUT2D eigenvalue weighted by molar-refractivity contribution is -0.485. The molecular formula is C12H14BrNO3. The molecule has 17 heavy (non-hydrogen) atoms. The molecular weight excluding hydrogens is 286 g/mol. The normalized spacial score (nSPS) is 13.1. The smallest absolute Gasteiger partial charge is 0.211 e. The topological polar surface area (TPSA) is 60.2 Å². The van der Waals surface area contributed by atoms with E-state index >= 15 is 0 Å². The van der Waals surface area contributed by atoms with E-state index in [-0.39, 0.29) is 11.5 Å². The minimum atomic E-state index is -0.756. The molecule has 0 saturated carbocycles. The molecule has 1 rings (SSSR count). The summed E-state index contributed by atoms with van der Waals surface area (Å²) in [5.41, 5.74) is 0.0431. The summed E-state index contributed by atoms with van der Waals surface area (Å²) in [6.45, 7) is 3.19. The average Bonchev–Trinajstić information content (AvgIpc) is 2.25. The summed E-state index contributed by atoms with van der Waals surface area (Å²) in [7, 11) is 0. The van der Waals surface area contributed by atoms with Crippen molar-refractivity contribution in [1.29, 1.82) is 0 Å². The lowest BCUT2D eigenvalue weighted by Gasteiger charge is -2.26. The van der Waals surface area contributed by atoms with E-state index in [2.05, 4.69) is 15.9 Å². The van der Waals surface area contributed by atoms with Gasteiger partial charge in [-0.25, -0.2) is 0 Å². The van der Waals surface area contributed by atoms with Crippen molar-refractivity contribution in [3.05, 3.63) is 44.4 Å². The molecule has 0 aliphatic rings. The second-order valence-electron chi connectivity index (χ2n) is 4.56. The Kier molecular flexibility index (Phi) is 4.40. The van der Waals surface area contributed by atoms with Crippen LogP contribution in [0.3, 0.4) is 0 Å². The van der Waals surface area contributed by atoms with Gasteiger partial charge in [-0.1, -0.05) is 41.9 Å². The van der Waals surface area contributed by atoms with Crippen LogP contribution in [0.2, 0.25) is 0 Å². The van der Waals surface area contributed by atoms with Gasteiger partial charge in [-0.3, -0.25) is 10.1 Å². The number of nitro groups is 1. The molecule has 0 aromatic heterocycles. The highest BCUT2D eigenvalue weighted by atomic mass is 79.9. The predicted molar refractivity (Wildman–Crippen MR) is 68.6 cm³/mol. The number of halogens is 1. The molecule has 0 fully saturated rings. The lowest BCUT2D eigenvalue weighted by atomic mass is 9.76. The van der Waals surface area contributed by atoms with E-state index in [4.69, 9.17) is 0 Å². The Morgan fingerprint density at radius 1 is 1.53 bits per heavy atom. The largest absolute Gasteiger partial charge is 0.303 e. The van der Waals surface area contributed by atoms with Crippen LogP contribution in [0, 0.1) is 15.5 Å². The van der Waals surface area contributed by atoms with Crippen LogP contribution < -0.4 is 0 Å². The molecule has 1 aromatic rings. The summed E-state index contributed by atoms with van der Waals surface area (Å²) in [6, 6.07) is 7.29. The molecule has 0 aliphatic heterocycles. The van der Waals surface area contributed by atoms with Crippen molar-refractivity contribution in [3.8, 4) is 0 Å². The van der Waals surface area contributed by atoms with Crippen molar-refractivity contribution in [1.82, 2.24) is 0 Å². The summed E-state index contributed by atoms with van der Waals surface area (Å²) >= 11 is 3.33. The highest BCUT2D eigenvalue weighted by Crippen LogP contribution is 2.34. The van der Waals surface area contributed by atoms with Gasteiger partial charge in [0.15, 0.2) is 0 Å². The number of nitrogens with zero attached hydrogens (tertiary/aromatic N) is 1. The molecule has 0 saturated heterocycles. The highest BCUT2D eigenvalue weighted by Gasteiger charge is 2.34. The number of hydrogen-bond donors (Lipinski definition) is 0. The predicted octanol–water partition coefficient (Wildman–Crippen LogP) is 3.03. The summed E-state index contributed by atoms with van der Waals surface area (Å²) in [5, 5.41) is 10.7. The van der Waals surface area contributed by atoms with E-state index in [0.717, 1.165) is 16.3 Å². The van der Waals surface area contributed by atoms with Crippen LogP contribution in [0.15, 0.2) is 28.7 Å². The van der Waals surface area contributed by atoms with E-state index in [0.29, 0.717) is 0 Å². The Balaban J connectivity index is 3.14. The maximum absolute atomic E-state index is 11.1. The number of aldehydes is 1. The summed E-state index contributed by atoms with van der Waals surface area (Å²) in [4.78, 5) is 21.4. The maximum Gasteiger partial charge on any atom is 0.211 e. The van der Waals surface area contributed by atoms with Crippen LogP contribution >= 0.6 is 15.9 Å². The first kappa shape index (κ1) is 13.8. The van der Waals surface area contributed by atoms with E-state index in [1.165, 1.54) is 0 Å². The Morgan fingerprint density at radius 3 is 2.65 bits per heavy atom. The lowest BCUT2D eigenvalue weighted by Crippen LogP contribution is -2.29. The Morgan fingerprint density at radius 2 is 2.18 bits per heavy atom. The molecule has 92 valence electrons. The van der Waals surface area contributed by atoms with Crippen molar-refractivity contribution in [3.63, 3.8) is 0 Å². The van der Waals surface area contributed by atoms with Gasteiger partial charge in [0.25, 0.3) is 0 Å². The van der Waals surface area contributed by atoms with Crippen LogP contribution in [0.4, 0.5) is 0 Å². The number of hydrogen-bond acceptors (Lipinski definition) is 3. The minimum Gasteiger partial charge on any atom is -0.303 e. The van der Waals surface area contributed by atoms with Crippen molar-refractivity contribution in [2.24, 2.45) is 5.41 Å². The second-order valence-corrected chi connectivity index (χ2v) is 5.48. The zero-order valence-corrected chi connectivity index (χ0v) is 11.3. The van der Waals surface area contributed by atoms with Crippen LogP contribution in [-0.4, -0.2) is 17.8 Å². The highest BCUT2D eigenvalue weighted by molar-refractivity contribution is 9.10. The first-order valence-corrected chi connectivity index (χ1v) is 5.99. The molecule has 0 radical (unpaired) electrons. The average molecular weight is 300 g/mol. The Hall–Kier alpha value is -1.23. The van der Waals surface area contributed by atoms with Crippen LogP contribution in [0.1, 0.15) is 25.3 Å². The minimum absolute atomic E-state index is 0.248. The summed E-state index contributed by atoms with van der Waals surface area (Å²) in [5.74, 6) is -0.424. The Bertz CT molecular complexity index is 432. The zero-order chi connectivity index (χ0) is 13.1. The number of carbonyl (C=O) groups is 1. The van der Waals surface area contributed by atoms with E-state index < -0.39 is 11.3 Å². The standard InChI is InChI=1S/C12H14BrNO3/c1-12(2,8-15)11(7-14(16)17)9-4-3-5-10(13)6-9/h3-6,8,11H,7H2,1-2H3. The van der Waals surface area contributed by atoms with Gasteiger partial charge in [0.05, 0.1) is 5.92 Å². The molecule has 0 spiro atoms. The molecule has 0 N–H and O–H groups in total. The maximum atomic E-state index is 11.1. The van der Waals surface area contributed by atoms with Crippen LogP contribution in [0.5, 0.6) is 0 Å². The van der Waals surface area contributed by atoms with Gasteiger partial charge < -0.3 is 4.79 Å². The van der Waals surface area contributed by atoms with Crippen LogP contribution in [0.25, 0.3) is 0 Å². The fraction of sp³-hybridized carbons (Fsp3) is 0.417. The first-order valence-electron chi connectivity index (χ1n) is 5.20. The Labute approximate surface area is 108 Å². The van der Waals surface area contributed by atoms with Gasteiger partial charge >= 0.3 is 0 Å². The third-order valence-corrected chi connectivity index (χ3v) is 3.28. The fourth-order valence-corrected chi connectivity index (χ4v) is 2.14. The molecule has 1 unspecified atom stereocenters. The quantitative estimate of drug-likeness (QED) is 0.477. The number of benzene rings is 1. The van der Waals surface area contributed by atoms with Gasteiger partial charge in [0.2, 0.25) is 6.54 Å². The second kappa shape index (κ2) is 5.40. The van der Waals surface area contributed by atoms with Crippen molar-refractivity contribution in [2.75, 3.05) is 6.54 Å². The summed E-state index contributed by atoms with van der Waals surface area (Å²) < 4.78 is 0.852. The zero-order valence-electron chi connectivity index (χ0n) is 9.72. The van der Waals surface area contributed by atoms with Gasteiger partial charge in [-0.05, 0) is 17.7 Å². The fourth-order valence-electron chi connectivity index (χ4n) is 1.72. The molecule has 0 heterocycles. The molecule has 0 amide bonds. The van der Waals surface area contributed by atoms with Crippen molar-refractivity contribution in [2.45, 2.75) is 19.8 Å². The van der Waals surface area contributed by atoms with Crippen LogP contribution in [-0.2, 0) is 4.79 Å². The first-order chi connectivity index (χ1) is 7.86. The molecule has 0 bridgehead atoms. The van der Waals surface area contributed by atoms with E-state index in [1.54, 1.807) is 13.8 Å². The van der Waals surface area contributed by atoms with E-state index in [1.807, 2.05) is 24.3 Å². The van der Waals surface area contributed by atoms with Gasteiger partial charge in [0, 0.05) is 14.8 Å². The van der Waals surface area contributed by atoms with Crippen molar-refractivity contribution < 1.29 is 9.72 Å². The monoisotopic (exact) mass is 299 g/mol. The summed E-state index contributed by atoms with van der Waals surface area (Å²) in [6.07, 6.45) is 0.780. The molecule has 1 aromatic carbocycles. The molecule has 4 nitrogen and oxygen atoms in total. The van der Waals surface area contributed by atoms with Gasteiger partial charge in [-0.2, -0.15) is 0 Å². The van der Waals surface area contributed by atoms with E-state index in [9.17, 15) is 14.9 Å². The SMILES string of the molecule is CC(C)(C=O)C(C[N+](=O)[O-])c1cccc(Br)c1. The van der Waals surface area contributed by atoms with Crippen molar-refractivity contribution >= 4 is 22.2 Å². The molecule has 5 heteroatoms.